The van der Waals surface area contributed by atoms with Crippen molar-refractivity contribution in [1.29, 1.82) is 0 Å². The molecule has 20 heavy (non-hydrogen) atoms. The van der Waals surface area contributed by atoms with Gasteiger partial charge < -0.3 is 14.8 Å². The number of aromatic nitrogens is 2. The number of para-hydroxylation sites is 1. The summed E-state index contributed by atoms with van der Waals surface area (Å²) in [6.07, 6.45) is 2.22. The van der Waals surface area contributed by atoms with E-state index in [0.29, 0.717) is 18.7 Å². The summed E-state index contributed by atoms with van der Waals surface area (Å²) in [6, 6.07) is 9.75. The molecule has 0 radical (unpaired) electrons. The predicted molar refractivity (Wildman–Crippen MR) is 75.1 cm³/mol. The largest absolute Gasteiger partial charge is 0.361 e. The molecule has 2 heterocycles. The SMILES string of the molecule is Cc1cc(CNC(=O)Cc2c[nH]c3ccccc23)on1. The number of carbonyl (C=O) groups excluding carboxylic acids is 1. The van der Waals surface area contributed by atoms with Crippen LogP contribution in [0.2, 0.25) is 0 Å². The first-order valence-corrected chi connectivity index (χ1v) is 6.46. The lowest BCUT2D eigenvalue weighted by molar-refractivity contribution is -0.120. The number of aryl methyl sites for hydroxylation is 1. The number of hydrogen-bond donors (Lipinski definition) is 2. The molecule has 0 saturated carbocycles. The Morgan fingerprint density at radius 1 is 1.40 bits per heavy atom. The van der Waals surface area contributed by atoms with Crippen LogP contribution in [-0.4, -0.2) is 16.0 Å². The van der Waals surface area contributed by atoms with Crippen molar-refractivity contribution in [2.75, 3.05) is 0 Å². The smallest absolute Gasteiger partial charge is 0.224 e. The second-order valence-corrected chi connectivity index (χ2v) is 4.75. The molecule has 0 atom stereocenters. The van der Waals surface area contributed by atoms with Gasteiger partial charge >= 0.3 is 0 Å². The van der Waals surface area contributed by atoms with Gasteiger partial charge in [-0.2, -0.15) is 0 Å². The van der Waals surface area contributed by atoms with E-state index in [1.807, 2.05) is 43.5 Å². The van der Waals surface area contributed by atoms with Gasteiger partial charge in [-0.3, -0.25) is 4.79 Å². The third-order valence-electron chi connectivity index (χ3n) is 3.16. The Balaban J connectivity index is 1.64. The van der Waals surface area contributed by atoms with Crippen LogP contribution in [0.4, 0.5) is 0 Å². The van der Waals surface area contributed by atoms with E-state index >= 15 is 0 Å². The lowest BCUT2D eigenvalue weighted by atomic mass is 10.1. The number of aromatic amines is 1. The van der Waals surface area contributed by atoms with Crippen molar-refractivity contribution in [3.8, 4) is 0 Å². The number of carbonyl (C=O) groups is 1. The van der Waals surface area contributed by atoms with Crippen molar-refractivity contribution in [2.24, 2.45) is 0 Å². The molecular formula is C15H15N3O2. The van der Waals surface area contributed by atoms with E-state index in [9.17, 15) is 4.79 Å². The first-order valence-electron chi connectivity index (χ1n) is 6.46. The van der Waals surface area contributed by atoms with Crippen LogP contribution in [0.15, 0.2) is 41.1 Å². The molecule has 102 valence electrons. The molecule has 5 nitrogen and oxygen atoms in total. The molecule has 0 saturated heterocycles. The summed E-state index contributed by atoms with van der Waals surface area (Å²) in [5.74, 6) is 0.624. The molecule has 1 aromatic carbocycles. The Kier molecular flexibility index (Phi) is 3.25. The second kappa shape index (κ2) is 5.21. The molecule has 0 spiro atoms. The monoisotopic (exact) mass is 269 g/mol. The molecule has 1 amide bonds. The average Bonchev–Trinajstić information content (AvgIpc) is 3.04. The molecule has 2 aromatic heterocycles. The van der Waals surface area contributed by atoms with Gasteiger partial charge in [0.1, 0.15) is 0 Å². The van der Waals surface area contributed by atoms with E-state index in [0.717, 1.165) is 22.2 Å². The van der Waals surface area contributed by atoms with Gasteiger partial charge in [0.05, 0.1) is 18.7 Å². The van der Waals surface area contributed by atoms with E-state index in [-0.39, 0.29) is 5.91 Å². The molecule has 0 aliphatic rings. The Hall–Kier alpha value is -2.56. The zero-order chi connectivity index (χ0) is 13.9. The third kappa shape index (κ3) is 2.56. The Labute approximate surface area is 116 Å². The van der Waals surface area contributed by atoms with Crippen LogP contribution in [0.25, 0.3) is 10.9 Å². The van der Waals surface area contributed by atoms with Gasteiger partial charge in [-0.25, -0.2) is 0 Å². The van der Waals surface area contributed by atoms with Crippen molar-refractivity contribution < 1.29 is 9.32 Å². The average molecular weight is 269 g/mol. The fourth-order valence-electron chi connectivity index (χ4n) is 2.20. The van der Waals surface area contributed by atoms with Gasteiger partial charge in [-0.1, -0.05) is 23.4 Å². The quantitative estimate of drug-likeness (QED) is 0.763. The highest BCUT2D eigenvalue weighted by Crippen LogP contribution is 2.17. The first-order chi connectivity index (χ1) is 9.72. The van der Waals surface area contributed by atoms with E-state index < -0.39 is 0 Å². The van der Waals surface area contributed by atoms with Crippen LogP contribution >= 0.6 is 0 Å². The van der Waals surface area contributed by atoms with Crippen molar-refractivity contribution in [1.82, 2.24) is 15.5 Å². The van der Waals surface area contributed by atoms with Crippen LogP contribution in [0, 0.1) is 6.92 Å². The highest BCUT2D eigenvalue weighted by molar-refractivity contribution is 5.88. The van der Waals surface area contributed by atoms with Crippen molar-refractivity contribution >= 4 is 16.8 Å². The summed E-state index contributed by atoms with van der Waals surface area (Å²) in [5, 5.41) is 7.69. The molecule has 3 aromatic rings. The number of amides is 1. The van der Waals surface area contributed by atoms with Crippen LogP contribution in [-0.2, 0) is 17.8 Å². The Bertz CT molecular complexity index is 742. The molecule has 5 heteroatoms. The van der Waals surface area contributed by atoms with Crippen LogP contribution < -0.4 is 5.32 Å². The summed E-state index contributed by atoms with van der Waals surface area (Å²) >= 11 is 0. The summed E-state index contributed by atoms with van der Waals surface area (Å²) in [6.45, 7) is 2.21. The van der Waals surface area contributed by atoms with Crippen molar-refractivity contribution in [3.05, 3.63) is 53.5 Å². The first kappa shape index (κ1) is 12.5. The second-order valence-electron chi connectivity index (χ2n) is 4.75. The zero-order valence-corrected chi connectivity index (χ0v) is 11.1. The van der Waals surface area contributed by atoms with Crippen molar-refractivity contribution in [2.45, 2.75) is 19.9 Å². The maximum absolute atomic E-state index is 11.9. The van der Waals surface area contributed by atoms with Gasteiger partial charge in [0, 0.05) is 23.2 Å². The molecular weight excluding hydrogens is 254 g/mol. The maximum atomic E-state index is 11.9. The lowest BCUT2D eigenvalue weighted by Crippen LogP contribution is -2.24. The van der Waals surface area contributed by atoms with Crippen molar-refractivity contribution in [3.63, 3.8) is 0 Å². The summed E-state index contributed by atoms with van der Waals surface area (Å²) < 4.78 is 5.05. The molecule has 0 fully saturated rings. The Morgan fingerprint density at radius 2 is 2.25 bits per heavy atom. The van der Waals surface area contributed by atoms with Gasteiger partial charge in [-0.05, 0) is 18.6 Å². The minimum Gasteiger partial charge on any atom is -0.361 e. The minimum absolute atomic E-state index is 0.0381. The number of nitrogens with one attached hydrogen (secondary N) is 2. The molecule has 3 rings (SSSR count). The molecule has 0 bridgehead atoms. The molecule has 0 unspecified atom stereocenters. The maximum Gasteiger partial charge on any atom is 0.224 e. The number of fused-ring (bicyclic) bond motifs is 1. The topological polar surface area (TPSA) is 70.9 Å². The lowest BCUT2D eigenvalue weighted by Gasteiger charge is -2.02. The van der Waals surface area contributed by atoms with Gasteiger partial charge in [0.2, 0.25) is 5.91 Å². The highest BCUT2D eigenvalue weighted by atomic mass is 16.5. The van der Waals surface area contributed by atoms with E-state index in [2.05, 4.69) is 15.5 Å². The van der Waals surface area contributed by atoms with E-state index in [4.69, 9.17) is 4.52 Å². The molecule has 0 aliphatic heterocycles. The standard InChI is InChI=1S/C15H15N3O2/c1-10-6-12(20-18-10)9-17-15(19)7-11-8-16-14-5-3-2-4-13(11)14/h2-6,8,16H,7,9H2,1H3,(H,17,19). The summed E-state index contributed by atoms with van der Waals surface area (Å²) in [4.78, 5) is 15.1. The van der Waals surface area contributed by atoms with E-state index in [1.54, 1.807) is 0 Å². The van der Waals surface area contributed by atoms with Crippen LogP contribution in [0.3, 0.4) is 0 Å². The Morgan fingerprint density at radius 3 is 3.05 bits per heavy atom. The zero-order valence-electron chi connectivity index (χ0n) is 11.1. The number of H-pyrrole nitrogens is 1. The van der Waals surface area contributed by atoms with Gasteiger partial charge in [-0.15, -0.1) is 0 Å². The molecule has 0 aliphatic carbocycles. The van der Waals surface area contributed by atoms with Gasteiger partial charge in [0.15, 0.2) is 5.76 Å². The van der Waals surface area contributed by atoms with Crippen LogP contribution in [0.5, 0.6) is 0 Å². The number of benzene rings is 1. The van der Waals surface area contributed by atoms with Crippen LogP contribution in [0.1, 0.15) is 17.0 Å². The normalized spacial score (nSPS) is 10.8. The third-order valence-corrected chi connectivity index (χ3v) is 3.16. The fraction of sp³-hybridized carbons (Fsp3) is 0.200. The molecule has 2 N–H and O–H groups in total. The van der Waals surface area contributed by atoms with E-state index in [1.165, 1.54) is 0 Å². The summed E-state index contributed by atoms with van der Waals surface area (Å²) in [7, 11) is 0. The fourth-order valence-corrected chi connectivity index (χ4v) is 2.20. The number of nitrogens with zero attached hydrogens (tertiary/aromatic N) is 1. The predicted octanol–water partition coefficient (Wildman–Crippen LogP) is 2.32. The van der Waals surface area contributed by atoms with Gasteiger partial charge in [0.25, 0.3) is 0 Å². The number of hydrogen-bond acceptors (Lipinski definition) is 3. The number of rotatable bonds is 4. The summed E-state index contributed by atoms with van der Waals surface area (Å²) in [5.41, 5.74) is 2.85. The minimum atomic E-state index is -0.0381. The highest BCUT2D eigenvalue weighted by Gasteiger charge is 2.09.